The molecule has 1 aromatic heterocycles. The van der Waals surface area contributed by atoms with Crippen molar-refractivity contribution in [2.75, 3.05) is 30.5 Å². The van der Waals surface area contributed by atoms with Crippen molar-refractivity contribution in [1.29, 1.82) is 0 Å². The fraction of sp³-hybridized carbons (Fsp3) is 0.636. The van der Waals surface area contributed by atoms with Crippen LogP contribution in [0.2, 0.25) is 0 Å². The summed E-state index contributed by atoms with van der Waals surface area (Å²) in [4.78, 5) is 8.17. The topological polar surface area (TPSA) is 85.1 Å². The molecule has 0 aliphatic carbocycles. The Labute approximate surface area is 116 Å². The highest BCUT2D eigenvalue weighted by molar-refractivity contribution is 9.10. The molecule has 1 heterocycles. The second kappa shape index (κ2) is 9.07. The molecule has 0 aliphatic heterocycles. The zero-order valence-electron chi connectivity index (χ0n) is 10.6. The lowest BCUT2D eigenvalue weighted by Crippen LogP contribution is -2.13. The summed E-state index contributed by atoms with van der Waals surface area (Å²) in [5, 5.41) is 3.21. The summed E-state index contributed by atoms with van der Waals surface area (Å²) in [7, 11) is 0. The maximum absolute atomic E-state index is 5.47. The van der Waals surface area contributed by atoms with E-state index in [2.05, 4.69) is 43.6 Å². The normalized spacial score (nSPS) is 10.4. The highest BCUT2D eigenvalue weighted by atomic mass is 79.9. The van der Waals surface area contributed by atoms with Gasteiger partial charge in [-0.05, 0) is 28.8 Å². The summed E-state index contributed by atoms with van der Waals surface area (Å²) < 4.78 is 6.28. The van der Waals surface area contributed by atoms with E-state index in [1.807, 2.05) is 0 Å². The van der Waals surface area contributed by atoms with Gasteiger partial charge in [-0.15, -0.1) is 0 Å². The fourth-order valence-electron chi connectivity index (χ4n) is 1.29. The largest absolute Gasteiger partial charge is 0.381 e. The van der Waals surface area contributed by atoms with Gasteiger partial charge in [0.05, 0.1) is 4.47 Å². The van der Waals surface area contributed by atoms with Crippen molar-refractivity contribution in [3.63, 3.8) is 0 Å². The summed E-state index contributed by atoms with van der Waals surface area (Å²) in [6.45, 7) is 4.55. The molecule has 0 saturated carbocycles. The molecule has 4 N–H and O–H groups in total. The zero-order valence-corrected chi connectivity index (χ0v) is 12.2. The van der Waals surface area contributed by atoms with E-state index in [1.54, 1.807) is 6.20 Å². The lowest BCUT2D eigenvalue weighted by molar-refractivity contribution is 0.131. The van der Waals surface area contributed by atoms with Crippen LogP contribution in [-0.4, -0.2) is 29.7 Å². The van der Waals surface area contributed by atoms with Crippen molar-refractivity contribution in [3.8, 4) is 0 Å². The molecule has 0 amide bonds. The number of hydrazine groups is 1. The number of rotatable bonds is 9. The van der Waals surface area contributed by atoms with E-state index < -0.39 is 0 Å². The van der Waals surface area contributed by atoms with E-state index in [1.165, 1.54) is 6.42 Å². The van der Waals surface area contributed by atoms with Crippen molar-refractivity contribution >= 4 is 27.7 Å². The molecule has 0 bridgehead atoms. The summed E-state index contributed by atoms with van der Waals surface area (Å²) in [5.74, 6) is 6.37. The Morgan fingerprint density at radius 1 is 1.39 bits per heavy atom. The van der Waals surface area contributed by atoms with Gasteiger partial charge in [0.15, 0.2) is 0 Å². The second-order valence-corrected chi connectivity index (χ2v) is 4.64. The number of nitrogen functional groups attached to an aromatic ring is 1. The van der Waals surface area contributed by atoms with Gasteiger partial charge >= 0.3 is 0 Å². The number of nitrogens with one attached hydrogen (secondary N) is 2. The Morgan fingerprint density at radius 3 is 2.89 bits per heavy atom. The molecular weight excluding hydrogens is 298 g/mol. The van der Waals surface area contributed by atoms with E-state index >= 15 is 0 Å². The Bertz CT molecular complexity index is 350. The minimum atomic E-state index is 0.389. The van der Waals surface area contributed by atoms with Crippen LogP contribution in [0.25, 0.3) is 0 Å². The zero-order chi connectivity index (χ0) is 13.2. The molecule has 1 aromatic rings. The van der Waals surface area contributed by atoms with E-state index in [-0.39, 0.29) is 0 Å². The SMILES string of the molecule is CCCCOCCCNc1nc(NN)ncc1Br. The molecule has 18 heavy (non-hydrogen) atoms. The average molecular weight is 318 g/mol. The van der Waals surface area contributed by atoms with Gasteiger partial charge in [-0.1, -0.05) is 13.3 Å². The van der Waals surface area contributed by atoms with Crippen LogP contribution in [0.5, 0.6) is 0 Å². The molecule has 1 rings (SSSR count). The minimum Gasteiger partial charge on any atom is -0.381 e. The maximum atomic E-state index is 5.47. The minimum absolute atomic E-state index is 0.389. The molecule has 0 spiro atoms. The number of ether oxygens (including phenoxy) is 1. The Morgan fingerprint density at radius 2 is 2.17 bits per heavy atom. The first-order valence-corrected chi connectivity index (χ1v) is 6.88. The summed E-state index contributed by atoms with van der Waals surface area (Å²) in [6.07, 6.45) is 4.88. The first-order valence-electron chi connectivity index (χ1n) is 6.08. The van der Waals surface area contributed by atoms with E-state index in [0.717, 1.165) is 42.9 Å². The summed E-state index contributed by atoms with van der Waals surface area (Å²) >= 11 is 3.38. The number of unbranched alkanes of at least 4 members (excludes halogenated alkanes) is 1. The van der Waals surface area contributed by atoms with Crippen LogP contribution in [0.1, 0.15) is 26.2 Å². The Kier molecular flexibility index (Phi) is 7.63. The first kappa shape index (κ1) is 15.1. The van der Waals surface area contributed by atoms with E-state index in [0.29, 0.717) is 5.95 Å². The number of nitrogens with zero attached hydrogens (tertiary/aromatic N) is 2. The van der Waals surface area contributed by atoms with Crippen molar-refractivity contribution in [1.82, 2.24) is 9.97 Å². The number of aromatic nitrogens is 2. The van der Waals surface area contributed by atoms with Gasteiger partial charge in [0.2, 0.25) is 5.95 Å². The Hall–Kier alpha value is -0.920. The number of halogens is 1. The van der Waals surface area contributed by atoms with Gasteiger partial charge in [-0.2, -0.15) is 4.98 Å². The lowest BCUT2D eigenvalue weighted by atomic mass is 10.3. The molecule has 0 atom stereocenters. The van der Waals surface area contributed by atoms with E-state index in [4.69, 9.17) is 10.6 Å². The first-order chi connectivity index (χ1) is 8.77. The third-order valence-electron chi connectivity index (χ3n) is 2.27. The molecule has 0 aliphatic rings. The molecular formula is C11H20BrN5O. The van der Waals surface area contributed by atoms with Gasteiger partial charge in [0.25, 0.3) is 0 Å². The van der Waals surface area contributed by atoms with E-state index in [9.17, 15) is 0 Å². The number of nitrogens with two attached hydrogens (primary N) is 1. The number of hydrogen-bond donors (Lipinski definition) is 3. The number of hydrogen-bond acceptors (Lipinski definition) is 6. The van der Waals surface area contributed by atoms with Crippen LogP contribution in [-0.2, 0) is 4.74 Å². The van der Waals surface area contributed by atoms with Crippen molar-refractivity contribution in [2.24, 2.45) is 5.84 Å². The van der Waals surface area contributed by atoms with Gasteiger partial charge in [0.1, 0.15) is 5.82 Å². The standard InChI is InChI=1S/C11H20BrN5O/c1-2-3-6-18-7-4-5-14-10-9(12)8-15-11(16-10)17-13/h8H,2-7,13H2,1H3,(H2,14,15,16,17). The Balaban J connectivity index is 2.22. The van der Waals surface area contributed by atoms with Crippen molar-refractivity contribution in [3.05, 3.63) is 10.7 Å². The van der Waals surface area contributed by atoms with Crippen molar-refractivity contribution < 1.29 is 4.74 Å². The third-order valence-corrected chi connectivity index (χ3v) is 2.85. The molecule has 7 heteroatoms. The lowest BCUT2D eigenvalue weighted by Gasteiger charge is -2.08. The second-order valence-electron chi connectivity index (χ2n) is 3.78. The molecule has 0 aromatic carbocycles. The predicted octanol–water partition coefficient (Wildman–Crippen LogP) is 2.14. The maximum Gasteiger partial charge on any atom is 0.239 e. The third kappa shape index (κ3) is 5.61. The predicted molar refractivity (Wildman–Crippen MR) is 76.4 cm³/mol. The van der Waals surface area contributed by atoms with Crippen LogP contribution >= 0.6 is 15.9 Å². The molecule has 102 valence electrons. The smallest absolute Gasteiger partial charge is 0.239 e. The van der Waals surface area contributed by atoms with Gasteiger partial charge in [-0.25, -0.2) is 10.8 Å². The van der Waals surface area contributed by atoms with Crippen LogP contribution in [0.15, 0.2) is 10.7 Å². The van der Waals surface area contributed by atoms with Gasteiger partial charge in [-0.3, -0.25) is 5.43 Å². The quantitative estimate of drug-likeness (QED) is 0.367. The summed E-state index contributed by atoms with van der Waals surface area (Å²) in [6, 6.07) is 0. The van der Waals surface area contributed by atoms with Gasteiger partial charge in [0, 0.05) is 26.0 Å². The molecule has 0 saturated heterocycles. The van der Waals surface area contributed by atoms with Crippen LogP contribution in [0.3, 0.4) is 0 Å². The van der Waals surface area contributed by atoms with Crippen LogP contribution < -0.4 is 16.6 Å². The monoisotopic (exact) mass is 317 g/mol. The van der Waals surface area contributed by atoms with Gasteiger partial charge < -0.3 is 10.1 Å². The fourth-order valence-corrected chi connectivity index (χ4v) is 1.62. The van der Waals surface area contributed by atoms with Crippen molar-refractivity contribution in [2.45, 2.75) is 26.2 Å². The van der Waals surface area contributed by atoms with Crippen LogP contribution in [0, 0.1) is 0 Å². The highest BCUT2D eigenvalue weighted by Gasteiger charge is 2.03. The molecule has 0 unspecified atom stereocenters. The molecule has 6 nitrogen and oxygen atoms in total. The number of anilines is 2. The molecule has 0 radical (unpaired) electrons. The summed E-state index contributed by atoms with van der Waals surface area (Å²) in [5.41, 5.74) is 2.41. The highest BCUT2D eigenvalue weighted by Crippen LogP contribution is 2.19. The average Bonchev–Trinajstić information content (AvgIpc) is 2.39. The van der Waals surface area contributed by atoms with Crippen LogP contribution in [0.4, 0.5) is 11.8 Å². The molecule has 0 fully saturated rings.